The zero-order chi connectivity index (χ0) is 23.2. The van der Waals surface area contributed by atoms with E-state index in [-0.39, 0.29) is 12.1 Å². The van der Waals surface area contributed by atoms with Gasteiger partial charge in [-0.1, -0.05) is 97.3 Å². The van der Waals surface area contributed by atoms with E-state index in [1.165, 1.54) is 77.0 Å². The van der Waals surface area contributed by atoms with E-state index in [1.807, 2.05) is 13.8 Å². The summed E-state index contributed by atoms with van der Waals surface area (Å²) in [4.78, 5) is 17.0. The highest BCUT2D eigenvalue weighted by molar-refractivity contribution is 5.76. The van der Waals surface area contributed by atoms with Crippen molar-refractivity contribution in [3.63, 3.8) is 0 Å². The third-order valence-electron chi connectivity index (χ3n) is 6.37. The molecule has 0 aliphatic rings. The summed E-state index contributed by atoms with van der Waals surface area (Å²) in [5.74, 6) is -0.0202. The fraction of sp³-hybridized carbons (Fsp3) is 0.963. The van der Waals surface area contributed by atoms with Crippen molar-refractivity contribution in [2.45, 2.75) is 156 Å². The van der Waals surface area contributed by atoms with E-state index in [4.69, 9.17) is 9.99 Å². The zero-order valence-electron chi connectivity index (χ0n) is 21.4. The topological polar surface area (TPSA) is 55.8 Å². The summed E-state index contributed by atoms with van der Waals surface area (Å²) in [5.41, 5.74) is -0.423. The van der Waals surface area contributed by atoms with Gasteiger partial charge in [-0.25, -0.2) is 4.89 Å². The second-order valence-electron chi connectivity index (χ2n) is 10.0. The molecule has 0 amide bonds. The van der Waals surface area contributed by atoms with Crippen LogP contribution in [0.3, 0.4) is 0 Å². The molecule has 0 saturated carbocycles. The Morgan fingerprint density at radius 3 is 1.68 bits per heavy atom. The van der Waals surface area contributed by atoms with Crippen LogP contribution in [-0.4, -0.2) is 23.9 Å². The minimum absolute atomic E-state index is 0.0202. The van der Waals surface area contributed by atoms with Gasteiger partial charge >= 0.3 is 5.97 Å². The summed E-state index contributed by atoms with van der Waals surface area (Å²) in [6, 6.07) is 0. The maximum atomic E-state index is 12.9. The molecule has 0 spiro atoms. The molecule has 0 heterocycles. The summed E-state index contributed by atoms with van der Waals surface area (Å²) in [6.07, 6.45) is 22.3. The van der Waals surface area contributed by atoms with Crippen molar-refractivity contribution in [3.8, 4) is 0 Å². The van der Waals surface area contributed by atoms with E-state index in [9.17, 15) is 4.79 Å². The molecule has 0 radical (unpaired) electrons. The van der Waals surface area contributed by atoms with Gasteiger partial charge in [-0.3, -0.25) is 10.1 Å². The molecule has 0 fully saturated rings. The lowest BCUT2D eigenvalue weighted by molar-refractivity contribution is -0.242. The molecule has 0 aliphatic carbocycles. The first kappa shape index (κ1) is 30.4. The quantitative estimate of drug-likeness (QED) is 0.0743. The maximum Gasteiger partial charge on any atom is 0.311 e. The van der Waals surface area contributed by atoms with Crippen LogP contribution in [0.25, 0.3) is 0 Å². The van der Waals surface area contributed by atoms with E-state index < -0.39 is 5.41 Å². The Kier molecular flexibility index (Phi) is 20.8. The number of hydrogen-bond acceptors (Lipinski definition) is 4. The van der Waals surface area contributed by atoms with E-state index in [2.05, 4.69) is 18.7 Å². The molecule has 1 N–H and O–H groups in total. The van der Waals surface area contributed by atoms with Crippen LogP contribution in [0.5, 0.6) is 0 Å². The van der Waals surface area contributed by atoms with Crippen molar-refractivity contribution < 1.29 is 19.7 Å². The molecule has 31 heavy (non-hydrogen) atoms. The highest BCUT2D eigenvalue weighted by atomic mass is 17.1. The molecule has 4 nitrogen and oxygen atoms in total. The molecular weight excluding hydrogens is 388 g/mol. The van der Waals surface area contributed by atoms with Gasteiger partial charge < -0.3 is 4.74 Å². The van der Waals surface area contributed by atoms with Gasteiger partial charge in [0.1, 0.15) is 6.10 Å². The third kappa shape index (κ3) is 18.6. The van der Waals surface area contributed by atoms with Crippen LogP contribution < -0.4 is 0 Å². The van der Waals surface area contributed by atoms with Crippen molar-refractivity contribution in [1.29, 1.82) is 0 Å². The number of hydrogen-bond donors (Lipinski definition) is 1. The molecule has 0 rings (SSSR count). The third-order valence-corrected chi connectivity index (χ3v) is 6.37. The van der Waals surface area contributed by atoms with Gasteiger partial charge in [-0.05, 0) is 52.4 Å². The van der Waals surface area contributed by atoms with Crippen molar-refractivity contribution in [2.75, 3.05) is 6.61 Å². The minimum Gasteiger partial charge on any atom is -0.462 e. The average Bonchev–Trinajstić information content (AvgIpc) is 2.75. The van der Waals surface area contributed by atoms with Crippen LogP contribution in [0.15, 0.2) is 0 Å². The number of unbranched alkanes of at least 4 members (excludes halogenated alkanes) is 13. The fourth-order valence-electron chi connectivity index (χ4n) is 4.07. The molecule has 0 saturated heterocycles. The highest BCUT2D eigenvalue weighted by Gasteiger charge is 2.30. The maximum absolute atomic E-state index is 12.9. The Labute approximate surface area is 193 Å². The van der Waals surface area contributed by atoms with Gasteiger partial charge in [0, 0.05) is 0 Å². The van der Waals surface area contributed by atoms with Crippen LogP contribution in [0.1, 0.15) is 150 Å². The van der Waals surface area contributed by atoms with E-state index >= 15 is 0 Å². The lowest BCUT2D eigenvalue weighted by atomic mass is 9.86. The minimum atomic E-state index is -0.423. The first-order valence-corrected chi connectivity index (χ1v) is 13.4. The molecule has 0 aromatic carbocycles. The van der Waals surface area contributed by atoms with Gasteiger partial charge in [0.15, 0.2) is 0 Å². The lowest BCUT2D eigenvalue weighted by Crippen LogP contribution is -2.31. The first-order chi connectivity index (χ1) is 15.0. The molecular formula is C27H54O4. The number of rotatable bonds is 23. The predicted molar refractivity (Wildman–Crippen MR) is 131 cm³/mol. The van der Waals surface area contributed by atoms with Gasteiger partial charge in [0.25, 0.3) is 0 Å². The Morgan fingerprint density at radius 1 is 0.710 bits per heavy atom. The summed E-state index contributed by atoms with van der Waals surface area (Å²) < 4.78 is 6.07. The van der Waals surface area contributed by atoms with E-state index in [0.717, 1.165) is 44.9 Å². The lowest BCUT2D eigenvalue weighted by Gasteiger charge is -2.27. The SMILES string of the molecule is CCCCCCCCC(CCCCCCCC)OC(=O)C(C)(C)CCCCCCOO. The smallest absolute Gasteiger partial charge is 0.311 e. The second kappa shape index (κ2) is 21.2. The van der Waals surface area contributed by atoms with Gasteiger partial charge in [-0.2, -0.15) is 0 Å². The van der Waals surface area contributed by atoms with Crippen molar-refractivity contribution in [1.82, 2.24) is 0 Å². The molecule has 0 atom stereocenters. The standard InChI is InChI=1S/C27H54O4/c1-5-7-9-11-13-17-21-25(22-18-14-12-10-8-6-2)31-26(28)27(3,4)23-19-15-16-20-24-30-29/h25,29H,5-24H2,1-4H3. The van der Waals surface area contributed by atoms with Gasteiger partial charge in [0.05, 0.1) is 12.0 Å². The summed E-state index contributed by atoms with van der Waals surface area (Å²) in [5, 5.41) is 8.38. The van der Waals surface area contributed by atoms with Crippen molar-refractivity contribution >= 4 is 5.97 Å². The van der Waals surface area contributed by atoms with Crippen LogP contribution in [0, 0.1) is 5.41 Å². The molecule has 0 aromatic heterocycles. The number of carbonyl (C=O) groups excluding carboxylic acids is 1. The van der Waals surface area contributed by atoms with E-state index in [1.54, 1.807) is 0 Å². The molecule has 0 aromatic rings. The van der Waals surface area contributed by atoms with Gasteiger partial charge in [-0.15, -0.1) is 0 Å². The normalized spacial score (nSPS) is 11.9. The molecule has 0 unspecified atom stereocenters. The molecule has 0 bridgehead atoms. The number of carbonyl (C=O) groups is 1. The summed E-state index contributed by atoms with van der Waals surface area (Å²) >= 11 is 0. The largest absolute Gasteiger partial charge is 0.462 e. The first-order valence-electron chi connectivity index (χ1n) is 13.4. The fourth-order valence-corrected chi connectivity index (χ4v) is 4.07. The van der Waals surface area contributed by atoms with E-state index in [0.29, 0.717) is 6.61 Å². The Hall–Kier alpha value is -0.610. The average molecular weight is 443 g/mol. The zero-order valence-corrected chi connectivity index (χ0v) is 21.4. The number of esters is 1. The van der Waals surface area contributed by atoms with Crippen LogP contribution >= 0.6 is 0 Å². The molecule has 0 aliphatic heterocycles. The Morgan fingerprint density at radius 2 is 1.16 bits per heavy atom. The Bertz CT molecular complexity index is 379. The van der Waals surface area contributed by atoms with Crippen molar-refractivity contribution in [2.24, 2.45) is 5.41 Å². The highest BCUT2D eigenvalue weighted by Crippen LogP contribution is 2.28. The van der Waals surface area contributed by atoms with Crippen LogP contribution in [-0.2, 0) is 14.4 Å². The van der Waals surface area contributed by atoms with Crippen LogP contribution in [0.2, 0.25) is 0 Å². The monoisotopic (exact) mass is 442 g/mol. The van der Waals surface area contributed by atoms with Crippen molar-refractivity contribution in [3.05, 3.63) is 0 Å². The number of ether oxygens (including phenoxy) is 1. The molecule has 4 heteroatoms. The van der Waals surface area contributed by atoms with Crippen LogP contribution in [0.4, 0.5) is 0 Å². The predicted octanol–water partition coefficient (Wildman–Crippen LogP) is 8.87. The summed E-state index contributed by atoms with van der Waals surface area (Å²) in [6.45, 7) is 8.95. The molecule has 186 valence electrons. The van der Waals surface area contributed by atoms with Gasteiger partial charge in [0.2, 0.25) is 0 Å². The summed E-state index contributed by atoms with van der Waals surface area (Å²) in [7, 11) is 0. The Balaban J connectivity index is 4.37. The second-order valence-corrected chi connectivity index (χ2v) is 10.0.